The van der Waals surface area contributed by atoms with Crippen LogP contribution in [-0.4, -0.2) is 11.4 Å². The van der Waals surface area contributed by atoms with E-state index in [-0.39, 0.29) is 5.91 Å². The summed E-state index contributed by atoms with van der Waals surface area (Å²) in [5.74, 6) is -0.203. The number of thiophene rings is 1. The van der Waals surface area contributed by atoms with E-state index >= 15 is 0 Å². The van der Waals surface area contributed by atoms with E-state index in [1.165, 1.54) is 21.7 Å². The molecule has 1 aromatic heterocycles. The van der Waals surface area contributed by atoms with Gasteiger partial charge in [0.25, 0.3) is 0 Å². The normalized spacial score (nSPS) is 10.8. The van der Waals surface area contributed by atoms with Crippen LogP contribution in [0.2, 0.25) is 0 Å². The largest absolute Gasteiger partial charge is 0.319 e. The second-order valence-corrected chi connectivity index (χ2v) is 4.29. The SMILES string of the molecule is O=C(C=Cc1csc2ccccc12)NC=S. The summed E-state index contributed by atoms with van der Waals surface area (Å²) in [7, 11) is 0. The molecular weight excluding hydrogens is 238 g/mol. The third-order valence-electron chi connectivity index (χ3n) is 2.13. The standard InChI is InChI=1S/C12H9NOS2/c14-12(13-8-15)6-5-9-7-16-11-4-2-1-3-10(9)11/h1-8H,(H,13,14,15). The van der Waals surface area contributed by atoms with Gasteiger partial charge in [0.2, 0.25) is 5.91 Å². The summed E-state index contributed by atoms with van der Waals surface area (Å²) in [4.78, 5) is 11.2. The maximum Gasteiger partial charge on any atom is 0.248 e. The van der Waals surface area contributed by atoms with Crippen LogP contribution >= 0.6 is 23.6 Å². The molecule has 1 amide bonds. The average Bonchev–Trinajstić information content (AvgIpc) is 2.70. The Hall–Kier alpha value is -1.52. The van der Waals surface area contributed by atoms with Gasteiger partial charge in [0.15, 0.2) is 0 Å². The summed E-state index contributed by atoms with van der Waals surface area (Å²) < 4.78 is 1.22. The molecule has 0 saturated heterocycles. The summed E-state index contributed by atoms with van der Waals surface area (Å²) in [6, 6.07) is 8.10. The molecule has 0 bridgehead atoms. The minimum absolute atomic E-state index is 0.203. The van der Waals surface area contributed by atoms with Crippen molar-refractivity contribution in [2.75, 3.05) is 0 Å². The monoisotopic (exact) mass is 247 g/mol. The van der Waals surface area contributed by atoms with Crippen LogP contribution in [0, 0.1) is 0 Å². The molecule has 1 aromatic carbocycles. The third kappa shape index (κ3) is 2.35. The molecule has 4 heteroatoms. The molecule has 80 valence electrons. The fourth-order valence-corrected chi connectivity index (χ4v) is 2.44. The number of hydrogen-bond acceptors (Lipinski definition) is 3. The molecule has 2 aromatic rings. The highest BCUT2D eigenvalue weighted by molar-refractivity contribution is 7.78. The molecule has 1 heterocycles. The zero-order valence-electron chi connectivity index (χ0n) is 8.34. The van der Waals surface area contributed by atoms with Gasteiger partial charge >= 0.3 is 0 Å². The lowest BCUT2D eigenvalue weighted by Gasteiger charge is -1.92. The summed E-state index contributed by atoms with van der Waals surface area (Å²) >= 11 is 6.20. The van der Waals surface area contributed by atoms with Crippen molar-refractivity contribution in [3.63, 3.8) is 0 Å². The zero-order valence-corrected chi connectivity index (χ0v) is 9.98. The predicted molar refractivity (Wildman–Crippen MR) is 72.7 cm³/mol. The van der Waals surface area contributed by atoms with Crippen molar-refractivity contribution >= 4 is 51.1 Å². The number of amides is 1. The molecule has 2 nitrogen and oxygen atoms in total. The molecule has 0 saturated carbocycles. The van der Waals surface area contributed by atoms with Gasteiger partial charge in [0.05, 0.1) is 5.49 Å². The van der Waals surface area contributed by atoms with Crippen LogP contribution in [0.5, 0.6) is 0 Å². The van der Waals surface area contributed by atoms with Crippen molar-refractivity contribution in [2.24, 2.45) is 0 Å². The minimum atomic E-state index is -0.203. The van der Waals surface area contributed by atoms with Crippen LogP contribution in [0.25, 0.3) is 16.2 Å². The lowest BCUT2D eigenvalue weighted by Crippen LogP contribution is -2.16. The summed E-state index contributed by atoms with van der Waals surface area (Å²) in [5.41, 5.74) is 2.26. The van der Waals surface area contributed by atoms with Crippen molar-refractivity contribution < 1.29 is 4.79 Å². The molecule has 0 spiro atoms. The highest BCUT2D eigenvalue weighted by atomic mass is 32.1. The first-order valence-electron chi connectivity index (χ1n) is 4.70. The van der Waals surface area contributed by atoms with Crippen molar-refractivity contribution in [3.05, 3.63) is 41.3 Å². The fraction of sp³-hybridized carbons (Fsp3) is 0. The van der Waals surface area contributed by atoms with E-state index in [4.69, 9.17) is 0 Å². The van der Waals surface area contributed by atoms with Gasteiger partial charge < -0.3 is 5.32 Å². The quantitative estimate of drug-likeness (QED) is 0.667. The molecule has 0 aliphatic heterocycles. The van der Waals surface area contributed by atoms with Gasteiger partial charge in [-0.1, -0.05) is 30.4 Å². The Morgan fingerprint density at radius 1 is 1.38 bits per heavy atom. The van der Waals surface area contributed by atoms with E-state index < -0.39 is 0 Å². The van der Waals surface area contributed by atoms with Crippen molar-refractivity contribution in [1.82, 2.24) is 5.32 Å². The molecule has 0 aliphatic carbocycles. The van der Waals surface area contributed by atoms with Gasteiger partial charge in [-0.3, -0.25) is 4.79 Å². The topological polar surface area (TPSA) is 29.1 Å². The maximum atomic E-state index is 11.2. The third-order valence-corrected chi connectivity index (χ3v) is 3.23. The summed E-state index contributed by atoms with van der Waals surface area (Å²) in [6.07, 6.45) is 3.28. The Labute approximate surface area is 103 Å². The Morgan fingerprint density at radius 3 is 3.00 bits per heavy atom. The molecular formula is C12H9NOS2. The van der Waals surface area contributed by atoms with Crippen LogP contribution in [-0.2, 0) is 4.79 Å². The van der Waals surface area contributed by atoms with Gasteiger partial charge in [0, 0.05) is 10.8 Å². The average molecular weight is 247 g/mol. The fourth-order valence-electron chi connectivity index (χ4n) is 1.40. The molecule has 0 unspecified atom stereocenters. The number of fused-ring (bicyclic) bond motifs is 1. The van der Waals surface area contributed by atoms with E-state index in [1.807, 2.05) is 23.6 Å². The van der Waals surface area contributed by atoms with Crippen LogP contribution in [0.4, 0.5) is 0 Å². The molecule has 0 atom stereocenters. The minimum Gasteiger partial charge on any atom is -0.319 e. The molecule has 0 aliphatic rings. The van der Waals surface area contributed by atoms with Gasteiger partial charge in [0.1, 0.15) is 0 Å². The van der Waals surface area contributed by atoms with E-state index in [0.29, 0.717) is 0 Å². The van der Waals surface area contributed by atoms with Gasteiger partial charge in [-0.15, -0.1) is 11.3 Å². The van der Waals surface area contributed by atoms with Crippen molar-refractivity contribution in [3.8, 4) is 0 Å². The number of thiocarbonyl (C=S) groups is 1. The van der Waals surface area contributed by atoms with Crippen molar-refractivity contribution in [2.45, 2.75) is 0 Å². The molecule has 1 N–H and O–H groups in total. The maximum absolute atomic E-state index is 11.2. The number of benzene rings is 1. The highest BCUT2D eigenvalue weighted by Crippen LogP contribution is 2.26. The second kappa shape index (κ2) is 5.01. The summed E-state index contributed by atoms with van der Waals surface area (Å²) in [6.45, 7) is 0. The van der Waals surface area contributed by atoms with Gasteiger partial charge in [-0.05, 0) is 28.5 Å². The first-order valence-corrected chi connectivity index (χ1v) is 6.05. The Kier molecular flexibility index (Phi) is 3.44. The number of carbonyl (C=O) groups excluding carboxylic acids is 1. The lowest BCUT2D eigenvalue weighted by molar-refractivity contribution is -0.115. The Morgan fingerprint density at radius 2 is 2.19 bits per heavy atom. The first kappa shape index (κ1) is 11.0. The van der Waals surface area contributed by atoms with Crippen LogP contribution < -0.4 is 5.32 Å². The van der Waals surface area contributed by atoms with Gasteiger partial charge in [-0.25, -0.2) is 0 Å². The summed E-state index contributed by atoms with van der Waals surface area (Å²) in [5, 5.41) is 5.62. The molecule has 2 rings (SSSR count). The van der Waals surface area contributed by atoms with E-state index in [1.54, 1.807) is 17.4 Å². The number of nitrogens with one attached hydrogen (secondary N) is 1. The highest BCUT2D eigenvalue weighted by Gasteiger charge is 2.00. The molecule has 0 radical (unpaired) electrons. The number of carbonyl (C=O) groups is 1. The second-order valence-electron chi connectivity index (χ2n) is 3.15. The van der Waals surface area contributed by atoms with Crippen LogP contribution in [0.1, 0.15) is 5.56 Å². The van der Waals surface area contributed by atoms with Crippen molar-refractivity contribution in [1.29, 1.82) is 0 Å². The van der Waals surface area contributed by atoms with E-state index in [2.05, 4.69) is 23.6 Å². The molecule has 16 heavy (non-hydrogen) atoms. The molecule has 0 fully saturated rings. The zero-order chi connectivity index (χ0) is 11.4. The van der Waals surface area contributed by atoms with E-state index in [0.717, 1.165) is 5.56 Å². The van der Waals surface area contributed by atoms with Crippen LogP contribution in [0.3, 0.4) is 0 Å². The Bertz CT molecular complexity index is 557. The van der Waals surface area contributed by atoms with E-state index in [9.17, 15) is 4.79 Å². The predicted octanol–water partition coefficient (Wildman–Crippen LogP) is 2.99. The smallest absolute Gasteiger partial charge is 0.248 e. The number of rotatable bonds is 3. The van der Waals surface area contributed by atoms with Crippen LogP contribution in [0.15, 0.2) is 35.7 Å². The first-order chi connectivity index (χ1) is 7.81. The van der Waals surface area contributed by atoms with Gasteiger partial charge in [-0.2, -0.15) is 0 Å². The lowest BCUT2D eigenvalue weighted by atomic mass is 10.1. The number of hydrogen-bond donors (Lipinski definition) is 1. The Balaban J connectivity index is 2.27.